The van der Waals surface area contributed by atoms with Crippen LogP contribution in [0.3, 0.4) is 0 Å². The second-order valence-electron chi connectivity index (χ2n) is 6.89. The first kappa shape index (κ1) is 17.2. The van der Waals surface area contributed by atoms with Crippen molar-refractivity contribution in [3.8, 4) is 16.9 Å². The SMILES string of the molecule is C=CCc1ccc2c(cc(C)n2Cc2ccccc2-c2ccccc2)c1O. The average Bonchev–Trinajstić information content (AvgIpc) is 3.02. The molecule has 2 nitrogen and oxygen atoms in total. The first-order chi connectivity index (χ1) is 13.2. The lowest BCUT2D eigenvalue weighted by Gasteiger charge is -2.14. The summed E-state index contributed by atoms with van der Waals surface area (Å²) >= 11 is 0. The van der Waals surface area contributed by atoms with Crippen LogP contribution < -0.4 is 0 Å². The van der Waals surface area contributed by atoms with Crippen LogP contribution in [-0.2, 0) is 13.0 Å². The molecule has 0 aliphatic rings. The van der Waals surface area contributed by atoms with E-state index in [9.17, 15) is 5.11 Å². The molecule has 27 heavy (non-hydrogen) atoms. The quantitative estimate of drug-likeness (QED) is 0.431. The number of hydrogen-bond acceptors (Lipinski definition) is 1. The Morgan fingerprint density at radius 1 is 0.926 bits per heavy atom. The first-order valence-electron chi connectivity index (χ1n) is 9.24. The highest BCUT2D eigenvalue weighted by atomic mass is 16.3. The largest absolute Gasteiger partial charge is 0.507 e. The molecular formula is C25H23NO. The standard InChI is InChI=1S/C25H23NO/c1-3-9-20-14-15-24-23(25(20)27)16-18(2)26(24)17-21-12-7-8-13-22(21)19-10-5-4-6-11-19/h3-8,10-16,27H,1,9,17H2,2H3. The monoisotopic (exact) mass is 353 g/mol. The predicted molar refractivity (Wildman–Crippen MR) is 113 cm³/mol. The van der Waals surface area contributed by atoms with E-state index in [1.54, 1.807) is 0 Å². The maximum absolute atomic E-state index is 10.7. The van der Waals surface area contributed by atoms with E-state index < -0.39 is 0 Å². The van der Waals surface area contributed by atoms with Gasteiger partial charge in [0.05, 0.1) is 5.52 Å². The third kappa shape index (κ3) is 3.15. The number of rotatable bonds is 5. The summed E-state index contributed by atoms with van der Waals surface area (Å²) in [4.78, 5) is 0. The van der Waals surface area contributed by atoms with Crippen molar-refractivity contribution >= 4 is 10.9 Å². The van der Waals surface area contributed by atoms with Crippen LogP contribution >= 0.6 is 0 Å². The van der Waals surface area contributed by atoms with E-state index in [-0.39, 0.29) is 0 Å². The molecule has 4 aromatic rings. The van der Waals surface area contributed by atoms with Crippen molar-refractivity contribution in [2.45, 2.75) is 19.9 Å². The normalized spacial score (nSPS) is 11.0. The van der Waals surface area contributed by atoms with Crippen molar-refractivity contribution in [2.24, 2.45) is 0 Å². The van der Waals surface area contributed by atoms with Crippen LogP contribution in [-0.4, -0.2) is 9.67 Å². The van der Waals surface area contributed by atoms with Gasteiger partial charge in [-0.2, -0.15) is 0 Å². The van der Waals surface area contributed by atoms with E-state index in [0.29, 0.717) is 12.2 Å². The first-order valence-corrected chi connectivity index (χ1v) is 9.24. The van der Waals surface area contributed by atoms with Crippen LogP contribution in [0.15, 0.2) is 85.5 Å². The molecule has 0 aliphatic heterocycles. The van der Waals surface area contributed by atoms with Gasteiger partial charge in [0.25, 0.3) is 0 Å². The van der Waals surface area contributed by atoms with Crippen LogP contribution in [0, 0.1) is 6.92 Å². The average molecular weight is 353 g/mol. The zero-order chi connectivity index (χ0) is 18.8. The lowest BCUT2D eigenvalue weighted by molar-refractivity contribution is 0.476. The molecule has 0 aliphatic carbocycles. The fraction of sp³-hybridized carbons (Fsp3) is 0.120. The molecule has 3 aromatic carbocycles. The molecule has 0 radical (unpaired) electrons. The molecule has 1 N–H and O–H groups in total. The molecule has 0 saturated carbocycles. The summed E-state index contributed by atoms with van der Waals surface area (Å²) < 4.78 is 2.27. The van der Waals surface area contributed by atoms with Crippen LogP contribution in [0.1, 0.15) is 16.8 Å². The Labute approximate surface area is 160 Å². The molecule has 2 heteroatoms. The third-order valence-electron chi connectivity index (χ3n) is 5.14. The number of aromatic hydroxyl groups is 1. The Balaban J connectivity index is 1.80. The van der Waals surface area contributed by atoms with Crippen LogP contribution in [0.2, 0.25) is 0 Å². The van der Waals surface area contributed by atoms with Gasteiger partial charge in [0.15, 0.2) is 0 Å². The number of nitrogens with zero attached hydrogens (tertiary/aromatic N) is 1. The van der Waals surface area contributed by atoms with Crippen molar-refractivity contribution in [1.29, 1.82) is 0 Å². The van der Waals surface area contributed by atoms with E-state index in [1.807, 2.05) is 18.2 Å². The maximum atomic E-state index is 10.7. The Morgan fingerprint density at radius 2 is 1.67 bits per heavy atom. The molecule has 134 valence electrons. The molecule has 0 saturated heterocycles. The fourth-order valence-electron chi connectivity index (χ4n) is 3.75. The summed E-state index contributed by atoms with van der Waals surface area (Å²) in [6, 6.07) is 25.2. The summed E-state index contributed by atoms with van der Waals surface area (Å²) in [5.41, 5.74) is 6.84. The van der Waals surface area contributed by atoms with Crippen molar-refractivity contribution in [2.75, 3.05) is 0 Å². The topological polar surface area (TPSA) is 25.2 Å². The molecule has 0 amide bonds. The lowest BCUT2D eigenvalue weighted by atomic mass is 9.99. The summed E-state index contributed by atoms with van der Waals surface area (Å²) in [5.74, 6) is 0.366. The van der Waals surface area contributed by atoms with Crippen molar-refractivity contribution in [3.63, 3.8) is 0 Å². The Bertz CT molecular complexity index is 1110. The molecule has 4 rings (SSSR count). The number of aryl methyl sites for hydroxylation is 1. The van der Waals surface area contributed by atoms with Crippen molar-refractivity contribution in [3.05, 3.63) is 102 Å². The van der Waals surface area contributed by atoms with E-state index >= 15 is 0 Å². The van der Waals surface area contributed by atoms with Crippen LogP contribution in [0.5, 0.6) is 5.75 Å². The van der Waals surface area contributed by atoms with E-state index in [1.165, 1.54) is 16.7 Å². The Hall–Kier alpha value is -3.26. The van der Waals surface area contributed by atoms with Gasteiger partial charge in [-0.15, -0.1) is 6.58 Å². The zero-order valence-electron chi connectivity index (χ0n) is 15.5. The third-order valence-corrected chi connectivity index (χ3v) is 5.14. The molecule has 1 heterocycles. The summed E-state index contributed by atoms with van der Waals surface area (Å²) in [6.07, 6.45) is 2.49. The highest BCUT2D eigenvalue weighted by molar-refractivity contribution is 5.88. The van der Waals surface area contributed by atoms with Gasteiger partial charge in [-0.1, -0.05) is 66.7 Å². The van der Waals surface area contributed by atoms with Gasteiger partial charge in [-0.25, -0.2) is 0 Å². The van der Waals surface area contributed by atoms with Gasteiger partial charge < -0.3 is 9.67 Å². The zero-order valence-corrected chi connectivity index (χ0v) is 15.5. The van der Waals surface area contributed by atoms with Gasteiger partial charge in [0, 0.05) is 17.6 Å². The minimum absolute atomic E-state index is 0.366. The number of aromatic nitrogens is 1. The molecular weight excluding hydrogens is 330 g/mol. The maximum Gasteiger partial charge on any atom is 0.128 e. The van der Waals surface area contributed by atoms with Crippen molar-refractivity contribution in [1.82, 2.24) is 4.57 Å². The van der Waals surface area contributed by atoms with E-state index in [2.05, 4.69) is 78.7 Å². The molecule has 0 bridgehead atoms. The smallest absolute Gasteiger partial charge is 0.128 e. The fourth-order valence-corrected chi connectivity index (χ4v) is 3.75. The highest BCUT2D eigenvalue weighted by Crippen LogP contribution is 2.33. The minimum Gasteiger partial charge on any atom is -0.507 e. The predicted octanol–water partition coefficient (Wildman–Crippen LogP) is 6.10. The number of hydrogen-bond donors (Lipinski definition) is 1. The van der Waals surface area contributed by atoms with Gasteiger partial charge in [0.1, 0.15) is 5.75 Å². The number of benzene rings is 3. The summed E-state index contributed by atoms with van der Waals surface area (Å²) in [7, 11) is 0. The summed E-state index contributed by atoms with van der Waals surface area (Å²) in [6.45, 7) is 6.64. The number of fused-ring (bicyclic) bond motifs is 1. The molecule has 0 unspecified atom stereocenters. The summed E-state index contributed by atoms with van der Waals surface area (Å²) in [5, 5.41) is 11.6. The van der Waals surface area contributed by atoms with Gasteiger partial charge in [-0.05, 0) is 47.7 Å². The highest BCUT2D eigenvalue weighted by Gasteiger charge is 2.13. The molecule has 0 atom stereocenters. The second kappa shape index (κ2) is 7.16. The number of phenols is 1. The molecule has 1 aromatic heterocycles. The Morgan fingerprint density at radius 3 is 2.44 bits per heavy atom. The number of allylic oxidation sites excluding steroid dienone is 1. The second-order valence-corrected chi connectivity index (χ2v) is 6.89. The molecule has 0 spiro atoms. The van der Waals surface area contributed by atoms with E-state index in [4.69, 9.17) is 0 Å². The lowest BCUT2D eigenvalue weighted by Crippen LogP contribution is -2.03. The molecule has 0 fully saturated rings. The van der Waals surface area contributed by atoms with Gasteiger partial charge in [0.2, 0.25) is 0 Å². The van der Waals surface area contributed by atoms with Gasteiger partial charge >= 0.3 is 0 Å². The van der Waals surface area contributed by atoms with Crippen LogP contribution in [0.4, 0.5) is 0 Å². The Kier molecular flexibility index (Phi) is 4.55. The van der Waals surface area contributed by atoms with E-state index in [0.717, 1.165) is 28.7 Å². The minimum atomic E-state index is 0.366. The van der Waals surface area contributed by atoms with Crippen molar-refractivity contribution < 1.29 is 5.11 Å². The number of phenolic OH excluding ortho intramolecular Hbond substituents is 1. The van der Waals surface area contributed by atoms with Crippen LogP contribution in [0.25, 0.3) is 22.0 Å². The van der Waals surface area contributed by atoms with Gasteiger partial charge in [-0.3, -0.25) is 0 Å².